The van der Waals surface area contributed by atoms with E-state index in [1.165, 1.54) is 0 Å². The average Bonchev–Trinajstić information content (AvgIpc) is 2.29. The van der Waals surface area contributed by atoms with Crippen LogP contribution >= 0.6 is 22.6 Å². The van der Waals surface area contributed by atoms with Gasteiger partial charge in [-0.05, 0) is 48.6 Å². The van der Waals surface area contributed by atoms with Gasteiger partial charge in [-0.1, -0.05) is 12.1 Å². The van der Waals surface area contributed by atoms with Gasteiger partial charge in [0.05, 0.1) is 12.2 Å². The lowest BCUT2D eigenvalue weighted by molar-refractivity contribution is -0.144. The van der Waals surface area contributed by atoms with E-state index in [9.17, 15) is 9.59 Å². The molecule has 0 saturated carbocycles. The predicted octanol–water partition coefficient (Wildman–Crippen LogP) is 1.97. The Hall–Kier alpha value is -1.11. The summed E-state index contributed by atoms with van der Waals surface area (Å²) in [5.41, 5.74) is 0.559. The summed E-state index contributed by atoms with van der Waals surface area (Å²) in [6.07, 6.45) is 0. The van der Waals surface area contributed by atoms with Crippen LogP contribution in [0.3, 0.4) is 0 Å². The van der Waals surface area contributed by atoms with E-state index < -0.39 is 12.0 Å². The number of esters is 1. The van der Waals surface area contributed by atoms with Gasteiger partial charge in [-0.15, -0.1) is 0 Å². The topological polar surface area (TPSA) is 55.4 Å². The zero-order chi connectivity index (χ0) is 12.8. The summed E-state index contributed by atoms with van der Waals surface area (Å²) in [6, 6.07) is 6.55. The first-order chi connectivity index (χ1) is 8.06. The van der Waals surface area contributed by atoms with E-state index in [2.05, 4.69) is 27.9 Å². The molecule has 1 N–H and O–H groups in total. The van der Waals surface area contributed by atoms with E-state index in [1.807, 2.05) is 12.1 Å². The molecule has 0 fully saturated rings. The van der Waals surface area contributed by atoms with E-state index in [0.29, 0.717) is 12.2 Å². The Morgan fingerprint density at radius 2 is 2.06 bits per heavy atom. The standard InChI is InChI=1S/C12H14INO3/c1-3-17-12(16)8(2)14-11(15)9-6-4-5-7-10(9)13/h4-8H,3H2,1-2H3,(H,14,15). The van der Waals surface area contributed by atoms with Crippen molar-refractivity contribution in [2.75, 3.05) is 6.61 Å². The number of halogens is 1. The molecule has 4 nitrogen and oxygen atoms in total. The molecule has 1 atom stereocenters. The molecule has 1 amide bonds. The monoisotopic (exact) mass is 347 g/mol. The van der Waals surface area contributed by atoms with Gasteiger partial charge in [-0.25, -0.2) is 4.79 Å². The van der Waals surface area contributed by atoms with Crippen LogP contribution in [0.4, 0.5) is 0 Å². The van der Waals surface area contributed by atoms with E-state index >= 15 is 0 Å². The first kappa shape index (κ1) is 14.0. The van der Waals surface area contributed by atoms with Crippen molar-refractivity contribution in [2.24, 2.45) is 0 Å². The third-order valence-electron chi connectivity index (χ3n) is 2.11. The number of rotatable bonds is 4. The number of benzene rings is 1. The predicted molar refractivity (Wildman–Crippen MR) is 72.7 cm³/mol. The molecule has 0 spiro atoms. The zero-order valence-electron chi connectivity index (χ0n) is 9.70. The van der Waals surface area contributed by atoms with Crippen molar-refractivity contribution < 1.29 is 14.3 Å². The fourth-order valence-electron chi connectivity index (χ4n) is 1.25. The molecule has 0 saturated heterocycles. The van der Waals surface area contributed by atoms with Crippen LogP contribution in [0.1, 0.15) is 24.2 Å². The highest BCUT2D eigenvalue weighted by Gasteiger charge is 2.18. The number of amides is 1. The molecule has 0 aliphatic heterocycles. The molecule has 0 heterocycles. The normalized spacial score (nSPS) is 11.7. The summed E-state index contributed by atoms with van der Waals surface area (Å²) in [5, 5.41) is 2.60. The Balaban J connectivity index is 2.67. The maximum atomic E-state index is 11.9. The first-order valence-corrected chi connectivity index (χ1v) is 6.36. The molecule has 5 heteroatoms. The van der Waals surface area contributed by atoms with Gasteiger partial charge in [0, 0.05) is 3.57 Å². The van der Waals surface area contributed by atoms with Crippen molar-refractivity contribution in [1.29, 1.82) is 0 Å². The second-order valence-electron chi connectivity index (χ2n) is 3.43. The van der Waals surface area contributed by atoms with Gasteiger partial charge in [-0.2, -0.15) is 0 Å². The van der Waals surface area contributed by atoms with Crippen LogP contribution in [0, 0.1) is 3.57 Å². The number of hydrogen-bond acceptors (Lipinski definition) is 3. The van der Waals surface area contributed by atoms with Crippen molar-refractivity contribution in [1.82, 2.24) is 5.32 Å². The van der Waals surface area contributed by atoms with Gasteiger partial charge < -0.3 is 10.1 Å². The second-order valence-corrected chi connectivity index (χ2v) is 4.59. The van der Waals surface area contributed by atoms with Gasteiger partial charge >= 0.3 is 5.97 Å². The van der Waals surface area contributed by atoms with Crippen molar-refractivity contribution in [2.45, 2.75) is 19.9 Å². The van der Waals surface area contributed by atoms with Crippen LogP contribution in [0.2, 0.25) is 0 Å². The average molecular weight is 347 g/mol. The largest absolute Gasteiger partial charge is 0.464 e. The summed E-state index contributed by atoms with van der Waals surface area (Å²) < 4.78 is 5.66. The third kappa shape index (κ3) is 3.99. The Morgan fingerprint density at radius 3 is 2.65 bits per heavy atom. The second kappa shape index (κ2) is 6.58. The molecule has 92 valence electrons. The molecule has 1 rings (SSSR count). The third-order valence-corrected chi connectivity index (χ3v) is 3.05. The quantitative estimate of drug-likeness (QED) is 0.669. The number of nitrogens with one attached hydrogen (secondary N) is 1. The highest BCUT2D eigenvalue weighted by molar-refractivity contribution is 14.1. The number of hydrogen-bond donors (Lipinski definition) is 1. The maximum absolute atomic E-state index is 11.9. The lowest BCUT2D eigenvalue weighted by Crippen LogP contribution is -2.39. The number of carbonyl (C=O) groups excluding carboxylic acids is 2. The molecule has 0 aromatic heterocycles. The highest BCUT2D eigenvalue weighted by atomic mass is 127. The minimum Gasteiger partial charge on any atom is -0.464 e. The zero-order valence-corrected chi connectivity index (χ0v) is 11.9. The molecular formula is C12H14INO3. The molecule has 1 aromatic rings. The molecule has 1 aromatic carbocycles. The van der Waals surface area contributed by atoms with Gasteiger partial charge in [0.1, 0.15) is 6.04 Å². The highest BCUT2D eigenvalue weighted by Crippen LogP contribution is 2.11. The summed E-state index contributed by atoms with van der Waals surface area (Å²) in [5.74, 6) is -0.692. The van der Waals surface area contributed by atoms with Crippen molar-refractivity contribution >= 4 is 34.5 Å². The van der Waals surface area contributed by atoms with Crippen LogP contribution in [0.5, 0.6) is 0 Å². The van der Waals surface area contributed by atoms with E-state index in [0.717, 1.165) is 3.57 Å². The van der Waals surface area contributed by atoms with Crippen LogP contribution in [-0.2, 0) is 9.53 Å². The van der Waals surface area contributed by atoms with Gasteiger partial charge in [0.25, 0.3) is 5.91 Å². The van der Waals surface area contributed by atoms with Crippen molar-refractivity contribution in [3.63, 3.8) is 0 Å². The Kier molecular flexibility index (Phi) is 5.40. The SMILES string of the molecule is CCOC(=O)C(C)NC(=O)c1ccccc1I. The summed E-state index contributed by atoms with van der Waals surface area (Å²) >= 11 is 2.08. The lowest BCUT2D eigenvalue weighted by Gasteiger charge is -2.13. The smallest absolute Gasteiger partial charge is 0.328 e. The Morgan fingerprint density at radius 1 is 1.41 bits per heavy atom. The Bertz CT molecular complexity index is 420. The minimum absolute atomic E-state index is 0.268. The van der Waals surface area contributed by atoms with E-state index in [-0.39, 0.29) is 5.91 Å². The molecule has 0 aliphatic rings. The van der Waals surface area contributed by atoms with Crippen LogP contribution < -0.4 is 5.32 Å². The number of ether oxygens (including phenoxy) is 1. The fraction of sp³-hybridized carbons (Fsp3) is 0.333. The fourth-order valence-corrected chi connectivity index (χ4v) is 1.88. The van der Waals surface area contributed by atoms with Crippen LogP contribution in [0.25, 0.3) is 0 Å². The summed E-state index contributed by atoms with van der Waals surface area (Å²) in [4.78, 5) is 23.2. The molecule has 0 aliphatic carbocycles. The van der Waals surface area contributed by atoms with Gasteiger partial charge in [-0.3, -0.25) is 4.79 Å². The summed E-state index contributed by atoms with van der Waals surface area (Å²) in [7, 11) is 0. The van der Waals surface area contributed by atoms with Crippen LogP contribution in [-0.4, -0.2) is 24.5 Å². The lowest BCUT2D eigenvalue weighted by atomic mass is 10.2. The van der Waals surface area contributed by atoms with E-state index in [1.54, 1.807) is 26.0 Å². The van der Waals surface area contributed by atoms with Crippen molar-refractivity contribution in [3.05, 3.63) is 33.4 Å². The summed E-state index contributed by atoms with van der Waals surface area (Å²) in [6.45, 7) is 3.64. The van der Waals surface area contributed by atoms with Gasteiger partial charge in [0.15, 0.2) is 0 Å². The molecule has 1 unspecified atom stereocenters. The van der Waals surface area contributed by atoms with Crippen LogP contribution in [0.15, 0.2) is 24.3 Å². The maximum Gasteiger partial charge on any atom is 0.328 e. The molecule has 17 heavy (non-hydrogen) atoms. The van der Waals surface area contributed by atoms with Crippen molar-refractivity contribution in [3.8, 4) is 0 Å². The number of carbonyl (C=O) groups is 2. The first-order valence-electron chi connectivity index (χ1n) is 5.28. The van der Waals surface area contributed by atoms with Gasteiger partial charge in [0.2, 0.25) is 0 Å². The molecule has 0 bridgehead atoms. The molecule has 0 radical (unpaired) electrons. The Labute approximate surface area is 114 Å². The van der Waals surface area contributed by atoms with E-state index in [4.69, 9.17) is 4.74 Å². The molecular weight excluding hydrogens is 333 g/mol. The minimum atomic E-state index is -0.640.